The highest BCUT2D eigenvalue weighted by Gasteiger charge is 2.73. The molecule has 162 valence electrons. The number of fused-ring (bicyclic) bond motifs is 1. The van der Waals surface area contributed by atoms with E-state index in [4.69, 9.17) is 0 Å². The number of benzene rings is 1. The lowest BCUT2D eigenvalue weighted by molar-refractivity contribution is -0.956. The van der Waals surface area contributed by atoms with Crippen LogP contribution in [0.1, 0.15) is 39.3 Å². The zero-order valence-electron chi connectivity index (χ0n) is 17.1. The van der Waals surface area contributed by atoms with Gasteiger partial charge in [-0.25, -0.2) is 9.69 Å². The first-order valence-corrected chi connectivity index (χ1v) is 10.8. The number of aliphatic carboxylic acids is 1. The summed E-state index contributed by atoms with van der Waals surface area (Å²) in [6.45, 7) is 6.26. The third-order valence-corrected chi connectivity index (χ3v) is 9.06. The van der Waals surface area contributed by atoms with E-state index in [-0.39, 0.29) is 6.54 Å². The number of hydroxylamine groups is 2. The average molecular weight is 436 g/mol. The number of carbonyl (C=O) groups is 2. The summed E-state index contributed by atoms with van der Waals surface area (Å²) in [6, 6.07) is 5.73. The zero-order valence-corrected chi connectivity index (χ0v) is 17.9. The number of carboxylic acid groups (broad SMARTS) is 1. The number of β-lactam (4-membered cyclic amide) rings is 1. The van der Waals surface area contributed by atoms with E-state index in [2.05, 4.69) is 5.29 Å². The van der Waals surface area contributed by atoms with Crippen molar-refractivity contribution in [2.75, 3.05) is 6.54 Å². The predicted octanol–water partition coefficient (Wildman–Crippen LogP) is 1.31. The molecule has 3 aliphatic heterocycles. The summed E-state index contributed by atoms with van der Waals surface area (Å²) < 4.78 is 10.6. The van der Waals surface area contributed by atoms with E-state index >= 15 is 0 Å². The molecule has 0 aromatic heterocycles. The molecule has 3 fully saturated rings. The lowest BCUT2D eigenvalue weighted by atomic mass is 9.94. The lowest BCUT2D eigenvalue weighted by Gasteiger charge is -2.51. The van der Waals surface area contributed by atoms with Crippen molar-refractivity contribution in [3.8, 4) is 0 Å². The minimum atomic E-state index is -1.67. The molecule has 1 aromatic carbocycles. The Morgan fingerprint density at radius 2 is 1.87 bits per heavy atom. The minimum Gasteiger partial charge on any atom is -0.600 e. The summed E-state index contributed by atoms with van der Waals surface area (Å²) >= 11 is 0. The monoisotopic (exact) mass is 436 g/mol. The highest BCUT2D eigenvalue weighted by Crippen LogP contribution is 2.52. The Hall–Kier alpha value is -2.21. The van der Waals surface area contributed by atoms with Crippen molar-refractivity contribution in [3.63, 3.8) is 0 Å². The molecule has 0 saturated carbocycles. The van der Waals surface area contributed by atoms with Crippen LogP contribution < -0.4 is 0 Å². The van der Waals surface area contributed by atoms with E-state index < -0.39 is 61.3 Å². The van der Waals surface area contributed by atoms with Crippen LogP contribution in [0.5, 0.6) is 0 Å². The van der Waals surface area contributed by atoms with E-state index in [9.17, 15) is 29.0 Å². The molecule has 0 spiro atoms. The Bertz CT molecular complexity index is 954. The molecule has 3 heterocycles. The summed E-state index contributed by atoms with van der Waals surface area (Å²) in [6.07, 6.45) is 0. The van der Waals surface area contributed by atoms with Crippen LogP contribution in [0.2, 0.25) is 0 Å². The largest absolute Gasteiger partial charge is 0.600 e. The van der Waals surface area contributed by atoms with Crippen molar-refractivity contribution >= 4 is 22.7 Å². The number of rotatable bonds is 4. The smallest absolute Gasteiger partial charge is 0.328 e. The van der Waals surface area contributed by atoms with Crippen LogP contribution >= 0.6 is 0 Å². The molecule has 0 bridgehead atoms. The second kappa shape index (κ2) is 6.39. The normalized spacial score (nSPS) is 39.4. The van der Waals surface area contributed by atoms with Gasteiger partial charge in [-0.1, -0.05) is 35.2 Å². The summed E-state index contributed by atoms with van der Waals surface area (Å²) in [5, 5.41) is 25.3. The van der Waals surface area contributed by atoms with E-state index in [0.717, 1.165) is 4.90 Å². The highest BCUT2D eigenvalue weighted by atomic mass is 32.2. The minimum absolute atomic E-state index is 0.0579. The molecule has 1 aromatic rings. The van der Waals surface area contributed by atoms with Gasteiger partial charge in [0.15, 0.2) is 17.0 Å². The van der Waals surface area contributed by atoms with Gasteiger partial charge in [0.25, 0.3) is 0 Å². The molecule has 2 unspecified atom stereocenters. The van der Waals surface area contributed by atoms with Gasteiger partial charge in [0.2, 0.25) is 5.91 Å². The van der Waals surface area contributed by atoms with Gasteiger partial charge in [-0.05, 0) is 13.8 Å². The molecule has 30 heavy (non-hydrogen) atoms. The molecule has 10 nitrogen and oxygen atoms in total. The first-order chi connectivity index (χ1) is 13.9. The third kappa shape index (κ3) is 2.37. The van der Waals surface area contributed by atoms with E-state index in [1.165, 1.54) is 13.8 Å². The Kier molecular flexibility index (Phi) is 4.48. The van der Waals surface area contributed by atoms with Crippen LogP contribution in [0, 0.1) is 10.1 Å². The van der Waals surface area contributed by atoms with Crippen LogP contribution in [0.25, 0.3) is 0 Å². The SMILES string of the molecule is CC1(C)C(C(=O)O)N2C(=O)[C@@H](N3C[C@@H](c4ccccc4)[N+]([O-])(N=O)C3(C)C)[C@H]2[S@]1=O. The maximum absolute atomic E-state index is 13.6. The first-order valence-electron chi connectivity index (χ1n) is 9.63. The number of carboxylic acids is 1. The standard InChI is InChI=1S/C19H24N4O6S/c1-18(2)14(17(25)26)22-15(24)13(16(22)30(18)29)21-10-12(11-8-6-5-7-9-11)23(28,20-27)19(21,3)4/h5-9,12-14,16H,10H2,1-4H3,(H,25,26)/t12-,13+,14?,16+,23?,30+/m0/s1. The fraction of sp³-hybridized carbons (Fsp3) is 0.579. The molecule has 1 amide bonds. The van der Waals surface area contributed by atoms with Crippen LogP contribution in [-0.2, 0) is 20.4 Å². The second-order valence-electron chi connectivity index (χ2n) is 9.00. The van der Waals surface area contributed by atoms with Gasteiger partial charge in [0, 0.05) is 19.4 Å². The van der Waals surface area contributed by atoms with Crippen molar-refractivity contribution in [1.29, 1.82) is 0 Å². The first kappa shape index (κ1) is 21.0. The maximum atomic E-state index is 13.6. The quantitative estimate of drug-likeness (QED) is 0.326. The molecular formula is C19H24N4O6S. The van der Waals surface area contributed by atoms with Gasteiger partial charge < -0.3 is 15.2 Å². The van der Waals surface area contributed by atoms with Crippen molar-refractivity contribution in [1.82, 2.24) is 9.80 Å². The van der Waals surface area contributed by atoms with Gasteiger partial charge in [0.1, 0.15) is 17.5 Å². The molecule has 0 radical (unpaired) electrons. The number of hydrogen-bond donors (Lipinski definition) is 1. The fourth-order valence-electron chi connectivity index (χ4n) is 5.10. The summed E-state index contributed by atoms with van der Waals surface area (Å²) in [7, 11) is -1.67. The van der Waals surface area contributed by atoms with Crippen molar-refractivity contribution in [3.05, 3.63) is 46.0 Å². The fourth-order valence-corrected chi connectivity index (χ4v) is 7.09. The van der Waals surface area contributed by atoms with E-state index in [1.54, 1.807) is 49.1 Å². The Morgan fingerprint density at radius 1 is 1.27 bits per heavy atom. The molecule has 1 N–H and O–H groups in total. The van der Waals surface area contributed by atoms with Crippen LogP contribution in [0.15, 0.2) is 35.6 Å². The molecule has 3 aliphatic rings. The third-order valence-electron chi connectivity index (χ3n) is 6.88. The molecule has 11 heteroatoms. The average Bonchev–Trinajstić information content (AvgIpc) is 3.01. The number of quaternary nitrogens is 1. The van der Waals surface area contributed by atoms with Crippen molar-refractivity contribution in [2.45, 2.75) is 61.6 Å². The highest BCUT2D eigenvalue weighted by molar-refractivity contribution is 7.87. The Labute approximate surface area is 176 Å². The van der Waals surface area contributed by atoms with Crippen LogP contribution in [0.4, 0.5) is 0 Å². The Balaban J connectivity index is 1.75. The predicted molar refractivity (Wildman–Crippen MR) is 107 cm³/mol. The van der Waals surface area contributed by atoms with E-state index in [1.807, 2.05) is 0 Å². The molecule has 0 aliphatic carbocycles. The lowest BCUT2D eigenvalue weighted by Crippen LogP contribution is -2.74. The van der Waals surface area contributed by atoms with Gasteiger partial charge in [-0.15, -0.1) is 0 Å². The van der Waals surface area contributed by atoms with Crippen molar-refractivity contribution in [2.24, 2.45) is 5.29 Å². The second-order valence-corrected chi connectivity index (χ2v) is 11.1. The molecule has 6 atom stereocenters. The van der Waals surface area contributed by atoms with Crippen molar-refractivity contribution < 1.29 is 23.7 Å². The van der Waals surface area contributed by atoms with Gasteiger partial charge in [-0.2, -0.15) is 4.76 Å². The number of amides is 1. The van der Waals surface area contributed by atoms with E-state index in [0.29, 0.717) is 5.56 Å². The molecule has 3 saturated heterocycles. The number of nitroso groups, excluding NO2 is 1. The summed E-state index contributed by atoms with van der Waals surface area (Å²) in [5.74, 6) is -1.71. The Morgan fingerprint density at radius 3 is 2.40 bits per heavy atom. The summed E-state index contributed by atoms with van der Waals surface area (Å²) in [4.78, 5) is 39.4. The van der Waals surface area contributed by atoms with Crippen LogP contribution in [0.3, 0.4) is 0 Å². The summed E-state index contributed by atoms with van der Waals surface area (Å²) in [5.41, 5.74) is -0.799. The maximum Gasteiger partial charge on any atom is 0.328 e. The molecular weight excluding hydrogens is 412 g/mol. The zero-order chi connectivity index (χ0) is 22.2. The number of nitrogens with zero attached hydrogens (tertiary/aromatic N) is 4. The molecule has 4 rings (SSSR count). The number of hydrogen-bond acceptors (Lipinski definition) is 7. The topological polar surface area (TPSA) is 130 Å². The van der Waals surface area contributed by atoms with Crippen LogP contribution in [-0.4, -0.2) is 70.2 Å². The van der Waals surface area contributed by atoms with Gasteiger partial charge >= 0.3 is 5.97 Å². The number of carbonyl (C=O) groups excluding carboxylic acids is 1. The van der Waals surface area contributed by atoms with Gasteiger partial charge in [-0.3, -0.25) is 9.00 Å². The van der Waals surface area contributed by atoms with Gasteiger partial charge in [0.05, 0.1) is 22.1 Å².